The molecule has 3 rings (SSSR count). The van der Waals surface area contributed by atoms with Crippen LogP contribution in [0.5, 0.6) is 11.5 Å². The van der Waals surface area contributed by atoms with Crippen molar-refractivity contribution in [3.63, 3.8) is 0 Å². The average Bonchev–Trinajstić information content (AvgIpc) is 2.90. The summed E-state index contributed by atoms with van der Waals surface area (Å²) in [6.45, 7) is 0.867. The predicted octanol–water partition coefficient (Wildman–Crippen LogP) is 2.89. The van der Waals surface area contributed by atoms with Crippen molar-refractivity contribution in [3.05, 3.63) is 48.0 Å². The van der Waals surface area contributed by atoms with Crippen molar-refractivity contribution in [2.24, 2.45) is 0 Å². The Hall–Kier alpha value is -2.00. The van der Waals surface area contributed by atoms with Crippen molar-refractivity contribution in [3.8, 4) is 22.6 Å². The summed E-state index contributed by atoms with van der Waals surface area (Å²) in [5.41, 5.74) is 3.55. The van der Waals surface area contributed by atoms with E-state index in [9.17, 15) is 0 Å². The quantitative estimate of drug-likeness (QED) is 0.925. The van der Waals surface area contributed by atoms with Gasteiger partial charge in [-0.3, -0.25) is 0 Å². The molecule has 0 bridgehead atoms. The van der Waals surface area contributed by atoms with E-state index in [1.807, 2.05) is 25.2 Å². The maximum atomic E-state index is 6.10. The molecule has 1 aliphatic heterocycles. The minimum Gasteiger partial charge on any atom is -0.497 e. The zero-order valence-corrected chi connectivity index (χ0v) is 11.8. The number of benzene rings is 2. The molecule has 1 aliphatic rings. The molecule has 1 heterocycles. The zero-order valence-electron chi connectivity index (χ0n) is 11.8. The highest BCUT2D eigenvalue weighted by Crippen LogP contribution is 2.39. The number of rotatable bonds is 4. The van der Waals surface area contributed by atoms with Crippen LogP contribution >= 0.6 is 0 Å². The summed E-state index contributed by atoms with van der Waals surface area (Å²) in [5.74, 6) is 1.88. The standard InChI is InChI=1S/C17H19NO2/c1-18-11-15-10-13-6-4-8-16(17(13)20-15)12-5-3-7-14(9-12)19-2/h3-9,15,18H,10-11H2,1-2H3/t15-/m0/s1. The van der Waals surface area contributed by atoms with E-state index in [1.165, 1.54) is 5.56 Å². The topological polar surface area (TPSA) is 30.5 Å². The number of likely N-dealkylation sites (N-methyl/N-ethyl adjacent to an activating group) is 1. The van der Waals surface area contributed by atoms with E-state index in [0.29, 0.717) is 0 Å². The molecule has 0 radical (unpaired) electrons. The van der Waals surface area contributed by atoms with E-state index in [0.717, 1.165) is 35.6 Å². The molecule has 1 N–H and O–H groups in total. The van der Waals surface area contributed by atoms with E-state index in [-0.39, 0.29) is 6.10 Å². The lowest BCUT2D eigenvalue weighted by Crippen LogP contribution is -2.27. The Balaban J connectivity index is 1.98. The van der Waals surface area contributed by atoms with Gasteiger partial charge in [0.2, 0.25) is 0 Å². The molecule has 0 aliphatic carbocycles. The van der Waals surface area contributed by atoms with Gasteiger partial charge < -0.3 is 14.8 Å². The maximum absolute atomic E-state index is 6.10. The number of methoxy groups -OCH3 is 1. The molecule has 104 valence electrons. The Morgan fingerprint density at radius 1 is 1.25 bits per heavy atom. The van der Waals surface area contributed by atoms with E-state index in [4.69, 9.17) is 9.47 Å². The van der Waals surface area contributed by atoms with Gasteiger partial charge in [-0.15, -0.1) is 0 Å². The molecule has 3 heteroatoms. The molecule has 0 aromatic heterocycles. The van der Waals surface area contributed by atoms with Crippen LogP contribution in [-0.4, -0.2) is 26.8 Å². The van der Waals surface area contributed by atoms with E-state index in [1.54, 1.807) is 7.11 Å². The van der Waals surface area contributed by atoms with Gasteiger partial charge in [-0.05, 0) is 30.3 Å². The first kappa shape index (κ1) is 13.0. The normalized spacial score (nSPS) is 16.6. The second-order valence-electron chi connectivity index (χ2n) is 5.03. The lowest BCUT2D eigenvalue weighted by molar-refractivity contribution is 0.232. The van der Waals surface area contributed by atoms with Crippen LogP contribution in [0.3, 0.4) is 0 Å². The van der Waals surface area contributed by atoms with Gasteiger partial charge in [0.05, 0.1) is 7.11 Å². The minimum absolute atomic E-state index is 0.224. The molecule has 0 spiro atoms. The molecule has 3 nitrogen and oxygen atoms in total. The van der Waals surface area contributed by atoms with Crippen molar-refractivity contribution < 1.29 is 9.47 Å². The van der Waals surface area contributed by atoms with Gasteiger partial charge in [-0.1, -0.05) is 30.3 Å². The Morgan fingerprint density at radius 3 is 2.90 bits per heavy atom. The number of fused-ring (bicyclic) bond motifs is 1. The Morgan fingerprint density at radius 2 is 2.10 bits per heavy atom. The Bertz CT molecular complexity index is 610. The lowest BCUT2D eigenvalue weighted by Gasteiger charge is -2.12. The molecule has 20 heavy (non-hydrogen) atoms. The van der Waals surface area contributed by atoms with Crippen LogP contribution < -0.4 is 14.8 Å². The molecule has 2 aromatic rings. The smallest absolute Gasteiger partial charge is 0.130 e. The van der Waals surface area contributed by atoms with Crippen LogP contribution in [0.2, 0.25) is 0 Å². The van der Waals surface area contributed by atoms with Gasteiger partial charge in [0.1, 0.15) is 17.6 Å². The summed E-state index contributed by atoms with van der Waals surface area (Å²) >= 11 is 0. The fourth-order valence-corrected chi connectivity index (χ4v) is 2.70. The van der Waals surface area contributed by atoms with Crippen molar-refractivity contribution in [2.45, 2.75) is 12.5 Å². The largest absolute Gasteiger partial charge is 0.497 e. The number of hydrogen-bond donors (Lipinski definition) is 1. The summed E-state index contributed by atoms with van der Waals surface area (Å²) in [7, 11) is 3.64. The van der Waals surface area contributed by atoms with Crippen LogP contribution in [0.1, 0.15) is 5.56 Å². The highest BCUT2D eigenvalue weighted by molar-refractivity contribution is 5.74. The fourth-order valence-electron chi connectivity index (χ4n) is 2.70. The first-order valence-corrected chi connectivity index (χ1v) is 6.89. The molecule has 1 atom stereocenters. The van der Waals surface area contributed by atoms with E-state index < -0.39 is 0 Å². The molecular formula is C17H19NO2. The van der Waals surface area contributed by atoms with Gasteiger partial charge in [-0.2, -0.15) is 0 Å². The summed E-state index contributed by atoms with van der Waals surface area (Å²) < 4.78 is 11.4. The van der Waals surface area contributed by atoms with E-state index >= 15 is 0 Å². The molecule has 2 aromatic carbocycles. The lowest BCUT2D eigenvalue weighted by atomic mass is 10.0. The van der Waals surface area contributed by atoms with Crippen molar-refractivity contribution in [2.75, 3.05) is 20.7 Å². The van der Waals surface area contributed by atoms with Crippen LogP contribution in [0.4, 0.5) is 0 Å². The molecule has 0 fully saturated rings. The third-order valence-electron chi connectivity index (χ3n) is 3.64. The third kappa shape index (κ3) is 2.37. The van der Waals surface area contributed by atoms with Gasteiger partial charge >= 0.3 is 0 Å². The second kappa shape index (κ2) is 5.55. The minimum atomic E-state index is 0.224. The van der Waals surface area contributed by atoms with Gasteiger partial charge in [0.15, 0.2) is 0 Å². The molecule has 0 saturated carbocycles. The molecule has 0 amide bonds. The second-order valence-corrected chi connectivity index (χ2v) is 5.03. The average molecular weight is 269 g/mol. The first-order chi connectivity index (χ1) is 9.81. The maximum Gasteiger partial charge on any atom is 0.130 e. The summed E-state index contributed by atoms with van der Waals surface area (Å²) in [6, 6.07) is 14.4. The third-order valence-corrected chi connectivity index (χ3v) is 3.64. The molecular weight excluding hydrogens is 250 g/mol. The van der Waals surface area contributed by atoms with Crippen molar-refractivity contribution in [1.29, 1.82) is 0 Å². The van der Waals surface area contributed by atoms with Crippen LogP contribution in [0.15, 0.2) is 42.5 Å². The fraction of sp³-hybridized carbons (Fsp3) is 0.294. The van der Waals surface area contributed by atoms with Crippen LogP contribution in [0, 0.1) is 0 Å². The van der Waals surface area contributed by atoms with Crippen LogP contribution in [0.25, 0.3) is 11.1 Å². The van der Waals surface area contributed by atoms with E-state index in [2.05, 4.69) is 29.6 Å². The van der Waals surface area contributed by atoms with Gasteiger partial charge in [-0.25, -0.2) is 0 Å². The summed E-state index contributed by atoms with van der Waals surface area (Å²) in [4.78, 5) is 0. The summed E-state index contributed by atoms with van der Waals surface area (Å²) in [6.07, 6.45) is 1.19. The number of para-hydroxylation sites is 1. The Kier molecular flexibility index (Phi) is 3.61. The summed E-state index contributed by atoms with van der Waals surface area (Å²) in [5, 5.41) is 3.18. The number of nitrogens with one attached hydrogen (secondary N) is 1. The number of hydrogen-bond acceptors (Lipinski definition) is 3. The monoisotopic (exact) mass is 269 g/mol. The van der Waals surface area contributed by atoms with Gasteiger partial charge in [0.25, 0.3) is 0 Å². The Labute approximate surface area is 119 Å². The molecule has 0 saturated heterocycles. The van der Waals surface area contributed by atoms with Crippen molar-refractivity contribution in [1.82, 2.24) is 5.32 Å². The van der Waals surface area contributed by atoms with Gasteiger partial charge in [0, 0.05) is 18.5 Å². The SMILES string of the molecule is CNC[C@@H]1Cc2cccc(-c3cccc(OC)c3)c2O1. The molecule has 0 unspecified atom stereocenters. The number of ether oxygens (including phenoxy) is 2. The first-order valence-electron chi connectivity index (χ1n) is 6.89. The zero-order chi connectivity index (χ0) is 13.9. The van der Waals surface area contributed by atoms with Crippen molar-refractivity contribution >= 4 is 0 Å². The predicted molar refractivity (Wildman–Crippen MR) is 80.5 cm³/mol. The highest BCUT2D eigenvalue weighted by atomic mass is 16.5. The van der Waals surface area contributed by atoms with Crippen LogP contribution in [-0.2, 0) is 6.42 Å². The highest BCUT2D eigenvalue weighted by Gasteiger charge is 2.25.